The highest BCUT2D eigenvalue weighted by Gasteiger charge is 2.32. The molecule has 0 aliphatic carbocycles. The van der Waals surface area contributed by atoms with Gasteiger partial charge in [0.25, 0.3) is 0 Å². The van der Waals surface area contributed by atoms with Crippen LogP contribution >= 0.6 is 11.6 Å². The molecule has 24 heavy (non-hydrogen) atoms. The standard InChI is InChI=1S/C18H22ClNO3S/c1-4-18(23-3,15-8-6-5-7-9-15)13-20-24(21,22)16-11-10-14(2)17(19)12-16/h5-12,20H,4,13H2,1-3H3. The van der Waals surface area contributed by atoms with Crippen LogP contribution < -0.4 is 4.72 Å². The maximum atomic E-state index is 12.6. The van der Waals surface area contributed by atoms with Gasteiger partial charge in [-0.3, -0.25) is 0 Å². The Bertz CT molecular complexity index is 787. The minimum Gasteiger partial charge on any atom is -0.372 e. The molecule has 1 atom stereocenters. The summed E-state index contributed by atoms with van der Waals surface area (Å²) < 4.78 is 33.5. The molecule has 2 rings (SSSR count). The second-order valence-corrected chi connectivity index (χ2v) is 7.83. The second-order valence-electron chi connectivity index (χ2n) is 5.65. The molecule has 2 aromatic carbocycles. The van der Waals surface area contributed by atoms with Crippen molar-refractivity contribution in [2.24, 2.45) is 0 Å². The van der Waals surface area contributed by atoms with Crippen molar-refractivity contribution in [3.05, 3.63) is 64.7 Å². The Morgan fingerprint density at radius 3 is 2.38 bits per heavy atom. The van der Waals surface area contributed by atoms with Gasteiger partial charge in [0.05, 0.1) is 4.90 Å². The predicted octanol–water partition coefficient (Wildman–Crippen LogP) is 3.88. The van der Waals surface area contributed by atoms with Crippen molar-refractivity contribution in [2.45, 2.75) is 30.8 Å². The van der Waals surface area contributed by atoms with Gasteiger partial charge in [-0.15, -0.1) is 0 Å². The van der Waals surface area contributed by atoms with Crippen molar-refractivity contribution < 1.29 is 13.2 Å². The molecular formula is C18H22ClNO3S. The third-order valence-electron chi connectivity index (χ3n) is 4.26. The van der Waals surface area contributed by atoms with E-state index in [4.69, 9.17) is 16.3 Å². The van der Waals surface area contributed by atoms with Crippen LogP contribution in [0.25, 0.3) is 0 Å². The summed E-state index contributed by atoms with van der Waals surface area (Å²) in [4.78, 5) is 0.146. The van der Waals surface area contributed by atoms with Crippen LogP contribution in [-0.4, -0.2) is 22.1 Å². The summed E-state index contributed by atoms with van der Waals surface area (Å²) in [6, 6.07) is 14.3. The summed E-state index contributed by atoms with van der Waals surface area (Å²) in [7, 11) is -2.08. The molecule has 6 heteroatoms. The highest BCUT2D eigenvalue weighted by molar-refractivity contribution is 7.89. The SMILES string of the molecule is CCC(CNS(=O)(=O)c1ccc(C)c(Cl)c1)(OC)c1ccccc1. The number of hydrogen-bond acceptors (Lipinski definition) is 3. The van der Waals surface area contributed by atoms with Crippen LogP contribution in [0.5, 0.6) is 0 Å². The molecule has 1 N–H and O–H groups in total. The zero-order valence-electron chi connectivity index (χ0n) is 14.0. The highest BCUT2D eigenvalue weighted by atomic mass is 35.5. The normalized spacial score (nSPS) is 14.3. The predicted molar refractivity (Wildman–Crippen MR) is 96.8 cm³/mol. The number of sulfonamides is 1. The minimum atomic E-state index is -3.68. The van der Waals surface area contributed by atoms with Crippen molar-refractivity contribution in [3.63, 3.8) is 0 Å². The van der Waals surface area contributed by atoms with Crippen LogP contribution in [0.3, 0.4) is 0 Å². The van der Waals surface area contributed by atoms with E-state index >= 15 is 0 Å². The Hall–Kier alpha value is -1.40. The van der Waals surface area contributed by atoms with Gasteiger partial charge in [0.1, 0.15) is 5.60 Å². The molecule has 0 radical (unpaired) electrons. The Balaban J connectivity index is 2.27. The molecule has 0 saturated heterocycles. The lowest BCUT2D eigenvalue weighted by molar-refractivity contribution is -0.0133. The first-order chi connectivity index (χ1) is 11.3. The Morgan fingerprint density at radius 2 is 1.83 bits per heavy atom. The Labute approximate surface area is 148 Å². The van der Waals surface area contributed by atoms with Gasteiger partial charge >= 0.3 is 0 Å². The van der Waals surface area contributed by atoms with Gasteiger partial charge in [0.15, 0.2) is 0 Å². The molecule has 130 valence electrons. The minimum absolute atomic E-state index is 0.137. The lowest BCUT2D eigenvalue weighted by atomic mass is 9.91. The van der Waals surface area contributed by atoms with E-state index in [-0.39, 0.29) is 11.4 Å². The van der Waals surface area contributed by atoms with Gasteiger partial charge in [-0.2, -0.15) is 0 Å². The molecule has 0 aliphatic rings. The van der Waals surface area contributed by atoms with E-state index in [0.717, 1.165) is 11.1 Å². The maximum absolute atomic E-state index is 12.6. The first-order valence-corrected chi connectivity index (χ1v) is 9.57. The van der Waals surface area contributed by atoms with E-state index in [1.807, 2.05) is 44.2 Å². The van der Waals surface area contributed by atoms with Crippen LogP contribution in [0, 0.1) is 6.92 Å². The van der Waals surface area contributed by atoms with Gasteiger partial charge in [0, 0.05) is 18.7 Å². The zero-order valence-corrected chi connectivity index (χ0v) is 15.6. The quantitative estimate of drug-likeness (QED) is 0.808. The number of nitrogens with one attached hydrogen (secondary N) is 1. The van der Waals surface area contributed by atoms with Crippen molar-refractivity contribution in [1.29, 1.82) is 0 Å². The number of hydrogen-bond donors (Lipinski definition) is 1. The third-order valence-corrected chi connectivity index (χ3v) is 6.07. The topological polar surface area (TPSA) is 55.4 Å². The molecule has 0 bridgehead atoms. The van der Waals surface area contributed by atoms with E-state index in [1.54, 1.807) is 19.2 Å². The number of methoxy groups -OCH3 is 1. The number of benzene rings is 2. The first-order valence-electron chi connectivity index (χ1n) is 7.71. The molecule has 0 amide bonds. The highest BCUT2D eigenvalue weighted by Crippen LogP contribution is 2.29. The monoisotopic (exact) mass is 367 g/mol. The summed E-state index contributed by atoms with van der Waals surface area (Å²) in [5.74, 6) is 0. The first kappa shape index (κ1) is 18.9. The molecule has 0 heterocycles. The Morgan fingerprint density at radius 1 is 1.17 bits per heavy atom. The summed E-state index contributed by atoms with van der Waals surface area (Å²) in [5.41, 5.74) is 1.04. The average Bonchev–Trinajstić information content (AvgIpc) is 2.59. The van der Waals surface area contributed by atoms with Crippen molar-refractivity contribution in [1.82, 2.24) is 4.72 Å². The van der Waals surface area contributed by atoms with Gasteiger partial charge in [-0.1, -0.05) is 54.9 Å². The van der Waals surface area contributed by atoms with E-state index in [0.29, 0.717) is 11.4 Å². The smallest absolute Gasteiger partial charge is 0.240 e. The van der Waals surface area contributed by atoms with Crippen LogP contribution in [-0.2, 0) is 20.4 Å². The molecule has 0 spiro atoms. The molecule has 1 unspecified atom stereocenters. The lowest BCUT2D eigenvalue weighted by Gasteiger charge is -2.32. The van der Waals surface area contributed by atoms with Crippen LogP contribution in [0.2, 0.25) is 5.02 Å². The van der Waals surface area contributed by atoms with Gasteiger partial charge in [-0.05, 0) is 36.6 Å². The summed E-state index contributed by atoms with van der Waals surface area (Å²) in [5, 5.41) is 0.425. The van der Waals surface area contributed by atoms with Crippen molar-refractivity contribution in [3.8, 4) is 0 Å². The van der Waals surface area contributed by atoms with E-state index in [9.17, 15) is 8.42 Å². The second kappa shape index (κ2) is 7.66. The van der Waals surface area contributed by atoms with E-state index in [1.165, 1.54) is 6.07 Å². The number of aryl methyl sites for hydroxylation is 1. The van der Waals surface area contributed by atoms with Crippen LogP contribution in [0.4, 0.5) is 0 Å². The third kappa shape index (κ3) is 3.98. The zero-order chi connectivity index (χ0) is 17.8. The molecular weight excluding hydrogens is 346 g/mol. The fraction of sp³-hybridized carbons (Fsp3) is 0.333. The van der Waals surface area contributed by atoms with Gasteiger partial charge in [0.2, 0.25) is 10.0 Å². The molecule has 0 fully saturated rings. The molecule has 4 nitrogen and oxygen atoms in total. The largest absolute Gasteiger partial charge is 0.372 e. The van der Waals surface area contributed by atoms with Gasteiger partial charge < -0.3 is 4.74 Å². The van der Waals surface area contributed by atoms with E-state index < -0.39 is 15.6 Å². The summed E-state index contributed by atoms with van der Waals surface area (Å²) >= 11 is 6.04. The number of halogens is 1. The van der Waals surface area contributed by atoms with Crippen LogP contribution in [0.15, 0.2) is 53.4 Å². The fourth-order valence-electron chi connectivity index (χ4n) is 2.54. The lowest BCUT2D eigenvalue weighted by Crippen LogP contribution is -2.41. The maximum Gasteiger partial charge on any atom is 0.240 e. The fourth-order valence-corrected chi connectivity index (χ4v) is 3.90. The van der Waals surface area contributed by atoms with E-state index in [2.05, 4.69) is 4.72 Å². The number of rotatable bonds is 7. The molecule has 0 aromatic heterocycles. The molecule has 0 aliphatic heterocycles. The van der Waals surface area contributed by atoms with Gasteiger partial charge in [-0.25, -0.2) is 13.1 Å². The Kier molecular flexibility index (Phi) is 6.04. The number of ether oxygens (including phenoxy) is 1. The summed E-state index contributed by atoms with van der Waals surface area (Å²) in [6.45, 7) is 3.93. The van der Waals surface area contributed by atoms with Crippen molar-refractivity contribution >= 4 is 21.6 Å². The molecule has 2 aromatic rings. The average molecular weight is 368 g/mol. The summed E-state index contributed by atoms with van der Waals surface area (Å²) in [6.07, 6.45) is 0.630. The molecule has 0 saturated carbocycles. The van der Waals surface area contributed by atoms with Crippen LogP contribution in [0.1, 0.15) is 24.5 Å². The van der Waals surface area contributed by atoms with Crippen molar-refractivity contribution in [2.75, 3.05) is 13.7 Å².